The molecule has 2 aromatic heterocycles. The maximum Gasteiger partial charge on any atom is 0.228 e. The van der Waals surface area contributed by atoms with Gasteiger partial charge >= 0.3 is 0 Å². The molecule has 4 rings (SSSR count). The van der Waals surface area contributed by atoms with Gasteiger partial charge in [0.25, 0.3) is 0 Å². The molecule has 0 aliphatic heterocycles. The number of carbonyl (C=O) groups excluding carboxylic acids is 1. The van der Waals surface area contributed by atoms with Crippen molar-refractivity contribution >= 4 is 22.9 Å². The Morgan fingerprint density at radius 2 is 1.87 bits per heavy atom. The fraction of sp³-hybridized carbons (Fsp3) is 0.174. The first-order chi connectivity index (χ1) is 14.6. The smallest absolute Gasteiger partial charge is 0.228 e. The van der Waals surface area contributed by atoms with Gasteiger partial charge in [-0.1, -0.05) is 17.3 Å². The van der Waals surface area contributed by atoms with Crippen LogP contribution in [0.4, 0.5) is 5.69 Å². The first-order valence-electron chi connectivity index (χ1n) is 9.52. The maximum absolute atomic E-state index is 12.4. The van der Waals surface area contributed by atoms with E-state index in [1.807, 2.05) is 67.8 Å². The monoisotopic (exact) mass is 419 g/mol. The minimum absolute atomic E-state index is 0.0682. The lowest BCUT2D eigenvalue weighted by atomic mass is 10.1. The molecule has 0 fully saturated rings. The number of nitrogens with one attached hydrogen (secondary N) is 1. The second kappa shape index (κ2) is 8.92. The topological polar surface area (TPSA) is 77.2 Å². The van der Waals surface area contributed by atoms with Gasteiger partial charge in [-0.05, 0) is 55.8 Å². The Labute approximate surface area is 178 Å². The number of carbonyl (C=O) groups is 1. The van der Waals surface area contributed by atoms with Crippen LogP contribution in [0.1, 0.15) is 22.6 Å². The van der Waals surface area contributed by atoms with Crippen molar-refractivity contribution in [3.05, 3.63) is 82.7 Å². The van der Waals surface area contributed by atoms with Gasteiger partial charge in [0.15, 0.2) is 0 Å². The van der Waals surface area contributed by atoms with Crippen molar-refractivity contribution in [2.45, 2.75) is 26.9 Å². The summed E-state index contributed by atoms with van der Waals surface area (Å²) in [5.41, 5.74) is 4.51. The molecule has 0 saturated heterocycles. The molecule has 0 spiro atoms. The van der Waals surface area contributed by atoms with Gasteiger partial charge in [0.1, 0.15) is 23.1 Å². The van der Waals surface area contributed by atoms with Crippen molar-refractivity contribution in [2.24, 2.45) is 0 Å². The van der Waals surface area contributed by atoms with Gasteiger partial charge in [0, 0.05) is 22.8 Å². The van der Waals surface area contributed by atoms with Gasteiger partial charge < -0.3 is 14.6 Å². The molecule has 0 aliphatic carbocycles. The minimum Gasteiger partial charge on any atom is -0.489 e. The third kappa shape index (κ3) is 4.75. The van der Waals surface area contributed by atoms with E-state index in [0.717, 1.165) is 44.6 Å². The summed E-state index contributed by atoms with van der Waals surface area (Å²) in [4.78, 5) is 16.7. The number of aromatic nitrogens is 2. The van der Waals surface area contributed by atoms with Crippen molar-refractivity contribution in [2.75, 3.05) is 5.32 Å². The van der Waals surface area contributed by atoms with Crippen LogP contribution in [0.5, 0.6) is 5.75 Å². The van der Waals surface area contributed by atoms with E-state index in [4.69, 9.17) is 9.26 Å². The molecule has 0 saturated carbocycles. The summed E-state index contributed by atoms with van der Waals surface area (Å²) in [5.74, 6) is 1.43. The highest BCUT2D eigenvalue weighted by Crippen LogP contribution is 2.23. The third-order valence-corrected chi connectivity index (χ3v) is 5.52. The lowest BCUT2D eigenvalue weighted by Gasteiger charge is -2.08. The molecular weight excluding hydrogens is 398 g/mol. The molecule has 1 N–H and O–H groups in total. The fourth-order valence-electron chi connectivity index (χ4n) is 3.02. The number of rotatable bonds is 7. The van der Waals surface area contributed by atoms with Crippen LogP contribution in [-0.2, 0) is 17.8 Å². The van der Waals surface area contributed by atoms with E-state index >= 15 is 0 Å². The lowest BCUT2D eigenvalue weighted by molar-refractivity contribution is -0.115. The zero-order valence-electron chi connectivity index (χ0n) is 16.7. The molecule has 4 aromatic rings. The molecule has 2 aromatic carbocycles. The van der Waals surface area contributed by atoms with E-state index in [0.29, 0.717) is 13.0 Å². The minimum atomic E-state index is -0.0682. The van der Waals surface area contributed by atoms with Crippen LogP contribution in [0.15, 0.2) is 64.6 Å². The van der Waals surface area contributed by atoms with Gasteiger partial charge in [-0.3, -0.25) is 4.79 Å². The highest BCUT2D eigenvalue weighted by atomic mass is 32.1. The van der Waals surface area contributed by atoms with Gasteiger partial charge in [-0.2, -0.15) is 0 Å². The quantitative estimate of drug-likeness (QED) is 0.447. The predicted molar refractivity (Wildman–Crippen MR) is 117 cm³/mol. The van der Waals surface area contributed by atoms with E-state index < -0.39 is 0 Å². The number of ether oxygens (including phenoxy) is 1. The predicted octanol–water partition coefficient (Wildman–Crippen LogP) is 5.18. The molecule has 0 bridgehead atoms. The van der Waals surface area contributed by atoms with E-state index in [9.17, 15) is 4.79 Å². The first-order valence-corrected chi connectivity index (χ1v) is 10.4. The van der Waals surface area contributed by atoms with Crippen LogP contribution in [0, 0.1) is 13.8 Å². The molecule has 0 aliphatic rings. The summed E-state index contributed by atoms with van der Waals surface area (Å²) in [6.07, 6.45) is 2.07. The van der Waals surface area contributed by atoms with E-state index in [1.54, 1.807) is 17.5 Å². The maximum atomic E-state index is 12.4. The Bertz CT molecular complexity index is 1100. The zero-order valence-corrected chi connectivity index (χ0v) is 17.5. The van der Waals surface area contributed by atoms with Crippen LogP contribution in [0.25, 0.3) is 10.6 Å². The van der Waals surface area contributed by atoms with Crippen LogP contribution in [0.3, 0.4) is 0 Å². The van der Waals surface area contributed by atoms with E-state index in [-0.39, 0.29) is 5.91 Å². The van der Waals surface area contributed by atoms with E-state index in [2.05, 4.69) is 15.5 Å². The standard InChI is InChI=1S/C23H21N3O3S/c1-15-21(16(2)29-26-15)14-28-20-9-3-17(4-10-20)13-22(27)25-19-7-5-18(6-8-19)23-24-11-12-30-23/h3-12H,13-14H2,1-2H3,(H,25,27). The molecule has 1 amide bonds. The fourth-order valence-corrected chi connectivity index (χ4v) is 3.66. The Kier molecular flexibility index (Phi) is 5.90. The number of benzene rings is 2. The number of nitrogens with zero attached hydrogens (tertiary/aromatic N) is 2. The van der Waals surface area contributed by atoms with Crippen molar-refractivity contribution < 1.29 is 14.1 Å². The zero-order chi connectivity index (χ0) is 20.9. The van der Waals surface area contributed by atoms with Crippen LogP contribution < -0.4 is 10.1 Å². The van der Waals surface area contributed by atoms with Gasteiger partial charge in [0.05, 0.1) is 17.7 Å². The second-order valence-electron chi connectivity index (χ2n) is 6.87. The second-order valence-corrected chi connectivity index (χ2v) is 7.77. The van der Waals surface area contributed by atoms with Crippen LogP contribution in [0.2, 0.25) is 0 Å². The number of amides is 1. The summed E-state index contributed by atoms with van der Waals surface area (Å²) in [5, 5.41) is 9.76. The SMILES string of the molecule is Cc1noc(C)c1COc1ccc(CC(=O)Nc2ccc(-c3nccs3)cc2)cc1. The van der Waals surface area contributed by atoms with Crippen molar-refractivity contribution in [3.63, 3.8) is 0 Å². The third-order valence-electron chi connectivity index (χ3n) is 4.70. The molecule has 0 radical (unpaired) electrons. The number of thiazole rings is 1. The molecule has 7 heteroatoms. The Balaban J connectivity index is 1.30. The normalized spacial score (nSPS) is 10.7. The molecular formula is C23H21N3O3S. The number of hydrogen-bond donors (Lipinski definition) is 1. The Morgan fingerprint density at radius 3 is 2.50 bits per heavy atom. The Hall–Kier alpha value is -3.45. The molecule has 6 nitrogen and oxygen atoms in total. The average Bonchev–Trinajstić information content (AvgIpc) is 3.39. The van der Waals surface area contributed by atoms with Crippen LogP contribution in [-0.4, -0.2) is 16.0 Å². The largest absolute Gasteiger partial charge is 0.489 e. The summed E-state index contributed by atoms with van der Waals surface area (Å²) in [6.45, 7) is 4.16. The number of anilines is 1. The highest BCUT2D eigenvalue weighted by molar-refractivity contribution is 7.13. The number of aryl methyl sites for hydroxylation is 2. The number of hydrogen-bond acceptors (Lipinski definition) is 6. The van der Waals surface area contributed by atoms with Crippen molar-refractivity contribution in [3.8, 4) is 16.3 Å². The average molecular weight is 420 g/mol. The van der Waals surface area contributed by atoms with Crippen LogP contribution >= 0.6 is 11.3 Å². The summed E-state index contributed by atoms with van der Waals surface area (Å²) in [6, 6.07) is 15.2. The molecule has 2 heterocycles. The molecule has 0 unspecified atom stereocenters. The highest BCUT2D eigenvalue weighted by Gasteiger charge is 2.10. The van der Waals surface area contributed by atoms with Gasteiger partial charge in [-0.15, -0.1) is 11.3 Å². The van der Waals surface area contributed by atoms with Gasteiger partial charge in [0.2, 0.25) is 5.91 Å². The molecule has 30 heavy (non-hydrogen) atoms. The first kappa shape index (κ1) is 19.8. The summed E-state index contributed by atoms with van der Waals surface area (Å²) in [7, 11) is 0. The summed E-state index contributed by atoms with van der Waals surface area (Å²) < 4.78 is 10.9. The molecule has 152 valence electrons. The van der Waals surface area contributed by atoms with Gasteiger partial charge in [-0.25, -0.2) is 4.98 Å². The lowest BCUT2D eigenvalue weighted by Crippen LogP contribution is -2.14. The molecule has 0 atom stereocenters. The van der Waals surface area contributed by atoms with Crippen molar-refractivity contribution in [1.82, 2.24) is 10.1 Å². The van der Waals surface area contributed by atoms with Crippen molar-refractivity contribution in [1.29, 1.82) is 0 Å². The Morgan fingerprint density at radius 1 is 1.10 bits per heavy atom. The van der Waals surface area contributed by atoms with E-state index in [1.165, 1.54) is 0 Å². The summed E-state index contributed by atoms with van der Waals surface area (Å²) >= 11 is 1.59.